The average molecular weight is 341 g/mol. The lowest BCUT2D eigenvalue weighted by Crippen LogP contribution is -2.46. The monoisotopic (exact) mass is 341 g/mol. The zero-order valence-electron chi connectivity index (χ0n) is 14.1. The number of rotatable bonds is 6. The summed E-state index contributed by atoms with van der Waals surface area (Å²) in [5.74, 6) is -1.28. The van der Waals surface area contributed by atoms with Crippen molar-refractivity contribution in [3.8, 4) is 0 Å². The van der Waals surface area contributed by atoms with Crippen molar-refractivity contribution in [2.45, 2.75) is 37.3 Å². The molecule has 0 radical (unpaired) electrons. The lowest BCUT2D eigenvalue weighted by Gasteiger charge is -2.27. The molecule has 1 aliphatic carbocycles. The van der Waals surface area contributed by atoms with Crippen LogP contribution in [0.4, 0.5) is 13.6 Å². The Bertz CT molecular complexity index is 555. The molecule has 5 nitrogen and oxygen atoms in total. The summed E-state index contributed by atoms with van der Waals surface area (Å²) in [5, 5.41) is 15.5. The first-order valence-electron chi connectivity index (χ1n) is 8.17. The van der Waals surface area contributed by atoms with Gasteiger partial charge in [0.2, 0.25) is 0 Å². The van der Waals surface area contributed by atoms with Crippen molar-refractivity contribution in [1.29, 1.82) is 0 Å². The SMILES string of the molecule is CN(C)C(CNC(=O)NCC1(O)CCCC1)c1c(F)cccc1F. The van der Waals surface area contributed by atoms with Gasteiger partial charge in [0.1, 0.15) is 11.6 Å². The molecule has 1 aromatic carbocycles. The van der Waals surface area contributed by atoms with E-state index in [1.165, 1.54) is 18.2 Å². The number of urea groups is 1. The third-order valence-corrected chi connectivity index (χ3v) is 4.52. The largest absolute Gasteiger partial charge is 0.388 e. The van der Waals surface area contributed by atoms with Crippen LogP contribution in [0.3, 0.4) is 0 Å². The molecule has 0 saturated heterocycles. The predicted molar refractivity (Wildman–Crippen MR) is 87.6 cm³/mol. The third-order valence-electron chi connectivity index (χ3n) is 4.52. The average Bonchev–Trinajstić information content (AvgIpc) is 2.95. The standard InChI is InChI=1S/C17H25F2N3O2/c1-22(2)14(15-12(18)6-5-7-13(15)19)10-20-16(23)21-11-17(24)8-3-4-9-17/h5-7,14,24H,3-4,8-11H2,1-2H3,(H2,20,21,23). The summed E-state index contributed by atoms with van der Waals surface area (Å²) in [5.41, 5.74) is -0.909. The molecule has 7 heteroatoms. The minimum Gasteiger partial charge on any atom is -0.388 e. The van der Waals surface area contributed by atoms with E-state index < -0.39 is 29.3 Å². The Balaban J connectivity index is 1.93. The molecule has 0 aliphatic heterocycles. The van der Waals surface area contributed by atoms with Crippen molar-refractivity contribution in [2.75, 3.05) is 27.2 Å². The van der Waals surface area contributed by atoms with E-state index in [1.807, 2.05) is 0 Å². The molecule has 0 aromatic heterocycles. The van der Waals surface area contributed by atoms with Crippen LogP contribution in [-0.4, -0.2) is 48.8 Å². The molecule has 134 valence electrons. The number of hydrogen-bond acceptors (Lipinski definition) is 3. The summed E-state index contributed by atoms with van der Waals surface area (Å²) in [6.07, 6.45) is 3.26. The molecule has 1 aromatic rings. The van der Waals surface area contributed by atoms with Crippen LogP contribution in [-0.2, 0) is 0 Å². The number of amides is 2. The molecule has 1 unspecified atom stereocenters. The molecular weight excluding hydrogens is 316 g/mol. The highest BCUT2D eigenvalue weighted by molar-refractivity contribution is 5.74. The fraction of sp³-hybridized carbons (Fsp3) is 0.588. The quantitative estimate of drug-likeness (QED) is 0.743. The van der Waals surface area contributed by atoms with Crippen molar-refractivity contribution in [3.05, 3.63) is 35.4 Å². The number of carbonyl (C=O) groups is 1. The summed E-state index contributed by atoms with van der Waals surface area (Å²) in [4.78, 5) is 13.6. The van der Waals surface area contributed by atoms with Crippen LogP contribution in [0.25, 0.3) is 0 Å². The van der Waals surface area contributed by atoms with Gasteiger partial charge in [0, 0.05) is 18.7 Å². The van der Waals surface area contributed by atoms with Crippen LogP contribution < -0.4 is 10.6 Å². The lowest BCUT2D eigenvalue weighted by molar-refractivity contribution is 0.0500. The zero-order valence-corrected chi connectivity index (χ0v) is 14.1. The Labute approximate surface area is 141 Å². The Morgan fingerprint density at radius 1 is 1.25 bits per heavy atom. The van der Waals surface area contributed by atoms with Gasteiger partial charge >= 0.3 is 6.03 Å². The molecule has 1 aliphatic rings. The van der Waals surface area contributed by atoms with Crippen LogP contribution in [0, 0.1) is 11.6 Å². The van der Waals surface area contributed by atoms with E-state index in [0.717, 1.165) is 12.8 Å². The fourth-order valence-electron chi connectivity index (χ4n) is 3.08. The third kappa shape index (κ3) is 4.64. The van der Waals surface area contributed by atoms with Gasteiger partial charge in [0.05, 0.1) is 11.6 Å². The van der Waals surface area contributed by atoms with Gasteiger partial charge < -0.3 is 20.6 Å². The highest BCUT2D eigenvalue weighted by Crippen LogP contribution is 2.28. The van der Waals surface area contributed by atoms with Crippen molar-refractivity contribution >= 4 is 6.03 Å². The predicted octanol–water partition coefficient (Wildman–Crippen LogP) is 2.17. The maximum Gasteiger partial charge on any atom is 0.314 e. The minimum absolute atomic E-state index is 0.0507. The normalized spacial score (nSPS) is 17.8. The maximum atomic E-state index is 14.0. The van der Waals surface area contributed by atoms with Crippen LogP contribution in [0.5, 0.6) is 0 Å². The highest BCUT2D eigenvalue weighted by atomic mass is 19.1. The Morgan fingerprint density at radius 3 is 2.38 bits per heavy atom. The van der Waals surface area contributed by atoms with Crippen LogP contribution in [0.1, 0.15) is 37.3 Å². The van der Waals surface area contributed by atoms with E-state index in [2.05, 4.69) is 10.6 Å². The van der Waals surface area contributed by atoms with E-state index in [1.54, 1.807) is 19.0 Å². The van der Waals surface area contributed by atoms with E-state index >= 15 is 0 Å². The van der Waals surface area contributed by atoms with Gasteiger partial charge in [-0.2, -0.15) is 0 Å². The van der Waals surface area contributed by atoms with E-state index in [0.29, 0.717) is 12.8 Å². The van der Waals surface area contributed by atoms with Crippen molar-refractivity contribution in [3.63, 3.8) is 0 Å². The van der Waals surface area contributed by atoms with Crippen LogP contribution in [0.2, 0.25) is 0 Å². The van der Waals surface area contributed by atoms with Gasteiger partial charge in [-0.25, -0.2) is 13.6 Å². The first-order chi connectivity index (χ1) is 11.3. The molecule has 0 heterocycles. The lowest BCUT2D eigenvalue weighted by atomic mass is 10.0. The van der Waals surface area contributed by atoms with Gasteiger partial charge in [0.15, 0.2) is 0 Å². The number of nitrogens with one attached hydrogen (secondary N) is 2. The fourth-order valence-corrected chi connectivity index (χ4v) is 3.08. The smallest absolute Gasteiger partial charge is 0.314 e. The van der Waals surface area contributed by atoms with Crippen LogP contribution >= 0.6 is 0 Å². The Morgan fingerprint density at radius 2 is 1.83 bits per heavy atom. The topological polar surface area (TPSA) is 64.6 Å². The number of halogens is 2. The molecule has 0 bridgehead atoms. The molecule has 1 fully saturated rings. The number of aliphatic hydroxyl groups is 1. The van der Waals surface area contributed by atoms with E-state index in [-0.39, 0.29) is 18.7 Å². The van der Waals surface area contributed by atoms with Gasteiger partial charge in [-0.3, -0.25) is 0 Å². The summed E-state index contributed by atoms with van der Waals surface area (Å²) in [6.45, 7) is 0.231. The van der Waals surface area contributed by atoms with Gasteiger partial charge in [0.25, 0.3) is 0 Å². The molecule has 24 heavy (non-hydrogen) atoms. The van der Waals surface area contributed by atoms with Crippen molar-refractivity contribution in [2.24, 2.45) is 0 Å². The van der Waals surface area contributed by atoms with E-state index in [4.69, 9.17) is 0 Å². The number of nitrogens with zero attached hydrogens (tertiary/aromatic N) is 1. The zero-order chi connectivity index (χ0) is 17.7. The molecular formula is C17H25F2N3O2. The summed E-state index contributed by atoms with van der Waals surface area (Å²) < 4.78 is 27.9. The Kier molecular flexibility index (Phi) is 6.12. The molecule has 3 N–H and O–H groups in total. The number of benzene rings is 1. The Hall–Kier alpha value is -1.73. The van der Waals surface area contributed by atoms with Gasteiger partial charge in [-0.15, -0.1) is 0 Å². The van der Waals surface area contributed by atoms with Crippen molar-refractivity contribution < 1.29 is 18.7 Å². The molecule has 1 saturated carbocycles. The second-order valence-corrected chi connectivity index (χ2v) is 6.61. The molecule has 1 atom stereocenters. The molecule has 2 rings (SSSR count). The molecule has 0 spiro atoms. The molecule has 2 amide bonds. The summed E-state index contributed by atoms with van der Waals surface area (Å²) in [7, 11) is 3.38. The number of carbonyl (C=O) groups excluding carboxylic acids is 1. The minimum atomic E-state index is -0.837. The highest BCUT2D eigenvalue weighted by Gasteiger charge is 2.31. The van der Waals surface area contributed by atoms with Crippen LogP contribution in [0.15, 0.2) is 18.2 Å². The second kappa shape index (κ2) is 7.90. The summed E-state index contributed by atoms with van der Waals surface area (Å²) >= 11 is 0. The van der Waals surface area contributed by atoms with Gasteiger partial charge in [-0.05, 0) is 39.1 Å². The first-order valence-corrected chi connectivity index (χ1v) is 8.17. The van der Waals surface area contributed by atoms with Crippen molar-refractivity contribution in [1.82, 2.24) is 15.5 Å². The second-order valence-electron chi connectivity index (χ2n) is 6.61. The number of hydrogen-bond donors (Lipinski definition) is 3. The summed E-state index contributed by atoms with van der Waals surface area (Å²) in [6, 6.07) is 2.61. The maximum absolute atomic E-state index is 14.0. The first kappa shape index (κ1) is 18.6. The van der Waals surface area contributed by atoms with Gasteiger partial charge in [-0.1, -0.05) is 18.9 Å². The van der Waals surface area contributed by atoms with E-state index in [9.17, 15) is 18.7 Å². The number of likely N-dealkylation sites (N-methyl/N-ethyl adjacent to an activating group) is 1.